The molecule has 1 atom stereocenters. The molecule has 2 N–H and O–H groups in total. The van der Waals surface area contributed by atoms with Crippen molar-refractivity contribution < 1.29 is 9.90 Å². The number of nitrogens with one attached hydrogen (secondary N) is 1. The molecule has 0 aliphatic carbocycles. The molecule has 3 nitrogen and oxygen atoms in total. The molecule has 0 saturated heterocycles. The maximum atomic E-state index is 11.0. The Hall–Kier alpha value is -1.35. The van der Waals surface area contributed by atoms with Crippen LogP contribution in [0.15, 0.2) is 24.3 Å². The second-order valence-corrected chi connectivity index (χ2v) is 3.77. The Morgan fingerprint density at radius 2 is 1.94 bits per heavy atom. The van der Waals surface area contributed by atoms with Crippen LogP contribution in [0.5, 0.6) is 0 Å². The Kier molecular flexibility index (Phi) is 4.99. The predicted molar refractivity (Wildman–Crippen MR) is 64.1 cm³/mol. The number of carbonyl (C=O) groups excluding carboxylic acids is 1. The van der Waals surface area contributed by atoms with Gasteiger partial charge in [0.15, 0.2) is 0 Å². The van der Waals surface area contributed by atoms with Gasteiger partial charge in [-0.05, 0) is 17.5 Å². The van der Waals surface area contributed by atoms with E-state index in [-0.39, 0.29) is 12.5 Å². The van der Waals surface area contributed by atoms with Gasteiger partial charge in [-0.15, -0.1) is 0 Å². The minimum Gasteiger partial charge on any atom is -0.387 e. The molecule has 0 fully saturated rings. The quantitative estimate of drug-likeness (QED) is 0.796. The fourth-order valence-corrected chi connectivity index (χ4v) is 1.43. The Balaban J connectivity index is 2.52. The Labute approximate surface area is 96.5 Å². The summed E-state index contributed by atoms with van der Waals surface area (Å²) < 4.78 is 0. The first-order valence-electron chi connectivity index (χ1n) is 5.71. The summed E-state index contributed by atoms with van der Waals surface area (Å²) in [6.45, 7) is 4.16. The summed E-state index contributed by atoms with van der Waals surface area (Å²) >= 11 is 0. The van der Waals surface area contributed by atoms with Crippen molar-refractivity contribution >= 4 is 5.91 Å². The van der Waals surface area contributed by atoms with Crippen molar-refractivity contribution in [2.75, 3.05) is 6.54 Å². The van der Waals surface area contributed by atoms with E-state index in [1.54, 1.807) is 6.92 Å². The first kappa shape index (κ1) is 12.7. The zero-order chi connectivity index (χ0) is 12.0. The van der Waals surface area contributed by atoms with Gasteiger partial charge in [0.1, 0.15) is 0 Å². The van der Waals surface area contributed by atoms with Crippen molar-refractivity contribution in [1.29, 1.82) is 0 Å². The van der Waals surface area contributed by atoms with Crippen molar-refractivity contribution in [2.45, 2.75) is 32.8 Å². The van der Waals surface area contributed by atoms with Gasteiger partial charge in [-0.1, -0.05) is 38.1 Å². The van der Waals surface area contributed by atoms with E-state index in [1.165, 1.54) is 5.56 Å². The van der Waals surface area contributed by atoms with Crippen LogP contribution in [-0.2, 0) is 11.2 Å². The lowest BCUT2D eigenvalue weighted by Crippen LogP contribution is -2.27. The lowest BCUT2D eigenvalue weighted by atomic mass is 10.1. The molecule has 0 aliphatic heterocycles. The molecule has 0 aliphatic rings. The summed E-state index contributed by atoms with van der Waals surface area (Å²) in [7, 11) is 0. The van der Waals surface area contributed by atoms with Crippen molar-refractivity contribution in [3.8, 4) is 0 Å². The largest absolute Gasteiger partial charge is 0.387 e. The van der Waals surface area contributed by atoms with Crippen LogP contribution in [0.4, 0.5) is 0 Å². The van der Waals surface area contributed by atoms with Gasteiger partial charge in [0.05, 0.1) is 6.10 Å². The number of rotatable bonds is 5. The minimum absolute atomic E-state index is 0.0378. The summed E-state index contributed by atoms with van der Waals surface area (Å²) in [4.78, 5) is 11.0. The summed E-state index contributed by atoms with van der Waals surface area (Å²) in [5, 5.41) is 12.5. The molecule has 3 heteroatoms. The normalized spacial score (nSPS) is 12.2. The summed E-state index contributed by atoms with van der Waals surface area (Å²) in [5.41, 5.74) is 2.09. The molecule has 0 aromatic heterocycles. The Morgan fingerprint density at radius 3 is 2.44 bits per heavy atom. The first-order valence-corrected chi connectivity index (χ1v) is 5.71. The highest BCUT2D eigenvalue weighted by atomic mass is 16.3. The van der Waals surface area contributed by atoms with Crippen LogP contribution >= 0.6 is 0 Å². The molecule has 1 aromatic rings. The number of aliphatic hydroxyl groups excluding tert-OH is 1. The van der Waals surface area contributed by atoms with Crippen LogP contribution in [-0.4, -0.2) is 17.6 Å². The predicted octanol–water partition coefficient (Wildman–Crippen LogP) is 1.81. The van der Waals surface area contributed by atoms with Gasteiger partial charge in [-0.25, -0.2) is 0 Å². The van der Waals surface area contributed by atoms with Gasteiger partial charge in [-0.3, -0.25) is 4.79 Å². The number of aryl methyl sites for hydroxylation is 1. The first-order chi connectivity index (χ1) is 7.67. The van der Waals surface area contributed by atoms with Crippen LogP contribution in [0.2, 0.25) is 0 Å². The highest BCUT2D eigenvalue weighted by molar-refractivity contribution is 5.75. The molecule has 16 heavy (non-hydrogen) atoms. The molecule has 1 unspecified atom stereocenters. The molecular weight excluding hydrogens is 202 g/mol. The van der Waals surface area contributed by atoms with E-state index in [1.807, 2.05) is 24.3 Å². The zero-order valence-corrected chi connectivity index (χ0v) is 9.86. The van der Waals surface area contributed by atoms with Crippen molar-refractivity contribution in [1.82, 2.24) is 5.32 Å². The van der Waals surface area contributed by atoms with Crippen molar-refractivity contribution in [3.63, 3.8) is 0 Å². The molecule has 0 bridgehead atoms. The van der Waals surface area contributed by atoms with Crippen LogP contribution in [0.3, 0.4) is 0 Å². The van der Waals surface area contributed by atoms with Crippen LogP contribution in [0.1, 0.15) is 37.5 Å². The van der Waals surface area contributed by atoms with Crippen molar-refractivity contribution in [2.24, 2.45) is 0 Å². The van der Waals surface area contributed by atoms with E-state index >= 15 is 0 Å². The number of hydrogen-bond donors (Lipinski definition) is 2. The molecule has 0 saturated carbocycles. The Bertz CT molecular complexity index is 332. The smallest absolute Gasteiger partial charge is 0.219 e. The summed E-state index contributed by atoms with van der Waals surface area (Å²) in [6, 6.07) is 7.81. The third-order valence-electron chi connectivity index (χ3n) is 2.59. The van der Waals surface area contributed by atoms with Gasteiger partial charge in [0.2, 0.25) is 5.91 Å². The second-order valence-electron chi connectivity index (χ2n) is 3.77. The molecule has 1 amide bonds. The fourth-order valence-electron chi connectivity index (χ4n) is 1.43. The second kappa shape index (κ2) is 6.28. The molecule has 0 radical (unpaired) electrons. The lowest BCUT2D eigenvalue weighted by Gasteiger charge is -2.12. The van der Waals surface area contributed by atoms with Crippen LogP contribution in [0, 0.1) is 0 Å². The van der Waals surface area contributed by atoms with E-state index in [9.17, 15) is 9.90 Å². The van der Waals surface area contributed by atoms with Gasteiger partial charge < -0.3 is 10.4 Å². The molecule has 0 heterocycles. The lowest BCUT2D eigenvalue weighted by molar-refractivity contribution is -0.121. The molecule has 1 rings (SSSR count). The van der Waals surface area contributed by atoms with Gasteiger partial charge in [-0.2, -0.15) is 0 Å². The topological polar surface area (TPSA) is 49.3 Å². The number of hydrogen-bond acceptors (Lipinski definition) is 2. The molecule has 0 spiro atoms. The third-order valence-corrected chi connectivity index (χ3v) is 2.59. The van der Waals surface area contributed by atoms with Crippen molar-refractivity contribution in [3.05, 3.63) is 35.4 Å². The highest BCUT2D eigenvalue weighted by Gasteiger charge is 2.08. The van der Waals surface area contributed by atoms with Gasteiger partial charge in [0, 0.05) is 13.0 Å². The van der Waals surface area contributed by atoms with Gasteiger partial charge >= 0.3 is 0 Å². The van der Waals surface area contributed by atoms with E-state index in [0.29, 0.717) is 6.42 Å². The maximum Gasteiger partial charge on any atom is 0.219 e. The average molecular weight is 221 g/mol. The molecule has 88 valence electrons. The number of carbonyl (C=O) groups is 1. The maximum absolute atomic E-state index is 11.0. The summed E-state index contributed by atoms with van der Waals surface area (Å²) in [6.07, 6.45) is 0.811. The number of amides is 1. The Morgan fingerprint density at radius 1 is 1.31 bits per heavy atom. The van der Waals surface area contributed by atoms with Crippen LogP contribution in [0.25, 0.3) is 0 Å². The zero-order valence-electron chi connectivity index (χ0n) is 9.86. The van der Waals surface area contributed by atoms with Gasteiger partial charge in [0.25, 0.3) is 0 Å². The summed E-state index contributed by atoms with van der Waals surface area (Å²) in [5.74, 6) is -0.0378. The molecule has 1 aromatic carbocycles. The SMILES string of the molecule is CCC(=O)NCC(O)c1ccc(CC)cc1. The fraction of sp³-hybridized carbons (Fsp3) is 0.462. The highest BCUT2D eigenvalue weighted by Crippen LogP contribution is 2.13. The molecular formula is C13H19NO2. The van der Waals surface area contributed by atoms with E-state index in [4.69, 9.17) is 0 Å². The monoisotopic (exact) mass is 221 g/mol. The van der Waals surface area contributed by atoms with E-state index < -0.39 is 6.10 Å². The van der Waals surface area contributed by atoms with Crippen LogP contribution < -0.4 is 5.32 Å². The standard InChI is InChI=1S/C13H19NO2/c1-3-10-5-7-11(8-6-10)12(15)9-14-13(16)4-2/h5-8,12,15H,3-4,9H2,1-2H3,(H,14,16). The number of aliphatic hydroxyl groups is 1. The van der Waals surface area contributed by atoms with E-state index in [0.717, 1.165) is 12.0 Å². The number of benzene rings is 1. The minimum atomic E-state index is -0.624. The van der Waals surface area contributed by atoms with E-state index in [2.05, 4.69) is 12.2 Å². The average Bonchev–Trinajstić information content (AvgIpc) is 2.35. The third kappa shape index (κ3) is 3.66.